The van der Waals surface area contributed by atoms with E-state index in [2.05, 4.69) is 0 Å². The number of carbonyl (C=O) groups is 1. The minimum atomic E-state index is -1.00. The zero-order valence-electron chi connectivity index (χ0n) is 13.8. The Labute approximate surface area is 161 Å². The molecule has 0 aliphatic heterocycles. The summed E-state index contributed by atoms with van der Waals surface area (Å²) < 4.78 is 5.67. The van der Waals surface area contributed by atoms with E-state index in [4.69, 9.17) is 16.3 Å². The second-order valence-electron chi connectivity index (χ2n) is 5.63. The van der Waals surface area contributed by atoms with Crippen molar-refractivity contribution < 1.29 is 14.6 Å². The second kappa shape index (κ2) is 8.79. The molecular weight excluding hydrogens is 368 g/mol. The average molecular weight is 385 g/mol. The van der Waals surface area contributed by atoms with E-state index in [1.165, 1.54) is 0 Å². The van der Waals surface area contributed by atoms with Crippen molar-refractivity contribution in [3.63, 3.8) is 0 Å². The molecule has 26 heavy (non-hydrogen) atoms. The normalized spacial score (nSPS) is 11.7. The zero-order valence-corrected chi connectivity index (χ0v) is 15.4. The lowest BCUT2D eigenvalue weighted by Crippen LogP contribution is -2.29. The first-order valence-electron chi connectivity index (χ1n) is 8.07. The van der Waals surface area contributed by atoms with E-state index >= 15 is 0 Å². The first kappa shape index (κ1) is 18.4. The Morgan fingerprint density at radius 3 is 2.31 bits per heavy atom. The molecule has 0 fully saturated rings. The monoisotopic (exact) mass is 384 g/mol. The molecule has 3 aromatic rings. The van der Waals surface area contributed by atoms with E-state index < -0.39 is 12.1 Å². The maximum Gasteiger partial charge on any atom is 0.345 e. The number of carboxylic acid groups (broad SMARTS) is 1. The topological polar surface area (TPSA) is 46.5 Å². The van der Waals surface area contributed by atoms with Gasteiger partial charge in [0, 0.05) is 21.2 Å². The van der Waals surface area contributed by atoms with Crippen molar-refractivity contribution in [3.05, 3.63) is 89.4 Å². The summed E-state index contributed by atoms with van der Waals surface area (Å²) in [4.78, 5) is 13.8. The molecule has 0 bridgehead atoms. The smallest absolute Gasteiger partial charge is 0.345 e. The van der Waals surface area contributed by atoms with Crippen LogP contribution in [0.2, 0.25) is 5.02 Å². The summed E-state index contributed by atoms with van der Waals surface area (Å²) in [6.45, 7) is 0. The minimum Gasteiger partial charge on any atom is -0.478 e. The van der Waals surface area contributed by atoms with E-state index in [0.29, 0.717) is 10.8 Å². The van der Waals surface area contributed by atoms with Crippen LogP contribution >= 0.6 is 23.4 Å². The van der Waals surface area contributed by atoms with Gasteiger partial charge >= 0.3 is 5.97 Å². The van der Waals surface area contributed by atoms with E-state index in [1.54, 1.807) is 36.0 Å². The summed E-state index contributed by atoms with van der Waals surface area (Å²) >= 11 is 7.47. The van der Waals surface area contributed by atoms with E-state index in [1.807, 2.05) is 54.6 Å². The highest BCUT2D eigenvalue weighted by molar-refractivity contribution is 7.99. The van der Waals surface area contributed by atoms with Gasteiger partial charge in [-0.05, 0) is 48.0 Å². The van der Waals surface area contributed by atoms with E-state index in [9.17, 15) is 9.90 Å². The SMILES string of the molecule is O=C(O)[C@@H](Cc1ccccc1Sc1ccccc1)Oc1ccc(Cl)cc1. The van der Waals surface area contributed by atoms with Crippen LogP contribution in [0.5, 0.6) is 5.75 Å². The summed E-state index contributed by atoms with van der Waals surface area (Å²) in [5.41, 5.74) is 0.933. The van der Waals surface area contributed by atoms with Gasteiger partial charge in [-0.15, -0.1) is 0 Å². The van der Waals surface area contributed by atoms with E-state index in [0.717, 1.165) is 15.4 Å². The van der Waals surface area contributed by atoms with Crippen LogP contribution in [-0.2, 0) is 11.2 Å². The van der Waals surface area contributed by atoms with Crippen molar-refractivity contribution in [2.24, 2.45) is 0 Å². The van der Waals surface area contributed by atoms with Gasteiger partial charge in [-0.3, -0.25) is 0 Å². The highest BCUT2D eigenvalue weighted by Crippen LogP contribution is 2.31. The Bertz CT molecular complexity index is 866. The lowest BCUT2D eigenvalue weighted by Gasteiger charge is -2.17. The second-order valence-corrected chi connectivity index (χ2v) is 7.18. The third-order valence-corrected chi connectivity index (χ3v) is 5.09. The largest absolute Gasteiger partial charge is 0.478 e. The molecule has 1 atom stereocenters. The zero-order chi connectivity index (χ0) is 18.4. The third-order valence-electron chi connectivity index (χ3n) is 3.72. The molecule has 3 aromatic carbocycles. The van der Waals surface area contributed by atoms with Crippen molar-refractivity contribution in [2.45, 2.75) is 22.3 Å². The number of carboxylic acids is 1. The molecule has 0 spiro atoms. The fourth-order valence-electron chi connectivity index (χ4n) is 2.44. The Kier molecular flexibility index (Phi) is 6.21. The lowest BCUT2D eigenvalue weighted by molar-refractivity contribution is -0.145. The highest BCUT2D eigenvalue weighted by Gasteiger charge is 2.21. The number of aliphatic carboxylic acids is 1. The van der Waals surface area contributed by atoms with Gasteiger partial charge in [0.05, 0.1) is 0 Å². The van der Waals surface area contributed by atoms with Crippen LogP contribution in [0.1, 0.15) is 5.56 Å². The molecule has 0 radical (unpaired) electrons. The molecule has 5 heteroatoms. The summed E-state index contributed by atoms with van der Waals surface area (Å²) in [7, 11) is 0. The van der Waals surface area contributed by atoms with Gasteiger partial charge in [-0.2, -0.15) is 0 Å². The molecule has 3 nitrogen and oxygen atoms in total. The van der Waals surface area contributed by atoms with Gasteiger partial charge in [0.2, 0.25) is 0 Å². The standard InChI is InChI=1S/C21H17ClO3S/c22-16-10-12-17(13-11-16)25-19(21(23)24)14-15-6-4-5-9-20(15)26-18-7-2-1-3-8-18/h1-13,19H,14H2,(H,23,24)/t19-/m1/s1. The van der Waals surface area contributed by atoms with Crippen molar-refractivity contribution in [1.29, 1.82) is 0 Å². The summed E-state index contributed by atoms with van der Waals surface area (Å²) in [5, 5.41) is 10.2. The molecule has 0 unspecified atom stereocenters. The van der Waals surface area contributed by atoms with Crippen LogP contribution in [0, 0.1) is 0 Å². The van der Waals surface area contributed by atoms with Gasteiger partial charge in [-0.25, -0.2) is 4.79 Å². The van der Waals surface area contributed by atoms with Gasteiger partial charge in [0.25, 0.3) is 0 Å². The molecule has 1 N–H and O–H groups in total. The van der Waals surface area contributed by atoms with Crippen molar-refractivity contribution in [1.82, 2.24) is 0 Å². The first-order chi connectivity index (χ1) is 12.6. The van der Waals surface area contributed by atoms with Crippen LogP contribution in [0.4, 0.5) is 0 Å². The number of halogens is 1. The quantitative estimate of drug-likeness (QED) is 0.578. The number of rotatable bonds is 7. The van der Waals surface area contributed by atoms with Crippen molar-refractivity contribution in [3.8, 4) is 5.75 Å². The maximum absolute atomic E-state index is 11.7. The Morgan fingerprint density at radius 1 is 0.962 bits per heavy atom. The number of benzene rings is 3. The Balaban J connectivity index is 1.79. The molecule has 0 saturated carbocycles. The average Bonchev–Trinajstić information content (AvgIpc) is 2.65. The first-order valence-corrected chi connectivity index (χ1v) is 9.27. The summed E-state index contributed by atoms with van der Waals surface area (Å²) in [6.07, 6.45) is -0.706. The van der Waals surface area contributed by atoms with Crippen LogP contribution in [0.3, 0.4) is 0 Å². The molecule has 3 rings (SSSR count). The van der Waals surface area contributed by atoms with Crippen molar-refractivity contribution >= 4 is 29.3 Å². The molecule has 0 aliphatic carbocycles. The van der Waals surface area contributed by atoms with Crippen LogP contribution in [0.15, 0.2) is 88.7 Å². The fraction of sp³-hybridized carbons (Fsp3) is 0.0952. The Hall–Kier alpha value is -2.43. The third kappa shape index (κ3) is 5.04. The molecule has 132 valence electrons. The predicted octanol–water partition coefficient (Wildman–Crippen LogP) is 5.57. The highest BCUT2D eigenvalue weighted by atomic mass is 35.5. The van der Waals surface area contributed by atoms with E-state index in [-0.39, 0.29) is 6.42 Å². The number of ether oxygens (including phenoxy) is 1. The summed E-state index contributed by atoms with van der Waals surface area (Å²) in [5.74, 6) is -0.519. The van der Waals surface area contributed by atoms with Gasteiger partial charge in [0.1, 0.15) is 5.75 Å². The van der Waals surface area contributed by atoms with Gasteiger partial charge < -0.3 is 9.84 Å². The van der Waals surface area contributed by atoms with Crippen LogP contribution < -0.4 is 4.74 Å². The molecule has 0 heterocycles. The number of hydrogen-bond acceptors (Lipinski definition) is 3. The summed E-state index contributed by atoms with van der Waals surface area (Å²) in [6, 6.07) is 24.5. The fourth-order valence-corrected chi connectivity index (χ4v) is 3.55. The molecule has 0 aliphatic rings. The van der Waals surface area contributed by atoms with Crippen molar-refractivity contribution in [2.75, 3.05) is 0 Å². The molecule has 0 amide bonds. The van der Waals surface area contributed by atoms with Gasteiger partial charge in [-0.1, -0.05) is 59.8 Å². The van der Waals surface area contributed by atoms with Crippen LogP contribution in [-0.4, -0.2) is 17.2 Å². The van der Waals surface area contributed by atoms with Crippen LogP contribution in [0.25, 0.3) is 0 Å². The predicted molar refractivity (Wildman–Crippen MR) is 104 cm³/mol. The molecular formula is C21H17ClO3S. The molecule has 0 aromatic heterocycles. The molecule has 0 saturated heterocycles. The van der Waals surface area contributed by atoms with Gasteiger partial charge in [0.15, 0.2) is 6.10 Å². The maximum atomic E-state index is 11.7. The number of hydrogen-bond donors (Lipinski definition) is 1. The lowest BCUT2D eigenvalue weighted by atomic mass is 10.1. The Morgan fingerprint density at radius 2 is 1.62 bits per heavy atom. The minimum absolute atomic E-state index is 0.272.